The molecule has 0 spiro atoms. The maximum Gasteiger partial charge on any atom is 0.229 e. The zero-order valence-electron chi connectivity index (χ0n) is 18.6. The van der Waals surface area contributed by atoms with Gasteiger partial charge in [0.05, 0.1) is 15.4 Å². The van der Waals surface area contributed by atoms with Gasteiger partial charge in [-0.2, -0.15) is 4.98 Å². The number of aryl methyl sites for hydroxylation is 1. The van der Waals surface area contributed by atoms with E-state index >= 15 is 0 Å². The van der Waals surface area contributed by atoms with Crippen LogP contribution >= 0.6 is 23.2 Å². The third-order valence-corrected chi connectivity index (χ3v) is 6.63. The Morgan fingerprint density at radius 2 is 1.71 bits per heavy atom. The van der Waals surface area contributed by atoms with E-state index in [9.17, 15) is 4.79 Å². The number of hydrogen-bond acceptors (Lipinski definition) is 6. The van der Waals surface area contributed by atoms with E-state index in [1.54, 1.807) is 29.0 Å². The highest BCUT2D eigenvalue weighted by atomic mass is 35.5. The number of hydrogen-bond donors (Lipinski definition) is 3. The van der Waals surface area contributed by atoms with Gasteiger partial charge in [0.1, 0.15) is 5.65 Å². The first-order valence-electron chi connectivity index (χ1n) is 11.1. The molecule has 2 aromatic carbocycles. The molecule has 0 saturated carbocycles. The van der Waals surface area contributed by atoms with Crippen LogP contribution in [0.3, 0.4) is 0 Å². The standard InChI is InChI=1S/C25H24Cl2N6O/c1-33-14-19(22-20(26)3-2-4-21(22)27)23(34)18-13-29-25(32-24(18)33)31-16-7-5-15(6-8-16)30-17-9-11-28-12-10-17/h2-8,13-14,17,28,30H,9-12H2,1H3,(H,29,31,32). The summed E-state index contributed by atoms with van der Waals surface area (Å²) in [5.74, 6) is 0.407. The molecule has 7 nitrogen and oxygen atoms in total. The highest BCUT2D eigenvalue weighted by molar-refractivity contribution is 6.39. The molecular formula is C25H24Cl2N6O. The van der Waals surface area contributed by atoms with Crippen LogP contribution in [0.15, 0.2) is 59.7 Å². The molecule has 0 aliphatic carbocycles. The first-order valence-corrected chi connectivity index (χ1v) is 11.9. The molecule has 1 aliphatic rings. The number of pyridine rings is 1. The smallest absolute Gasteiger partial charge is 0.229 e. The summed E-state index contributed by atoms with van der Waals surface area (Å²) in [7, 11) is 1.83. The van der Waals surface area contributed by atoms with E-state index in [-0.39, 0.29) is 5.43 Å². The van der Waals surface area contributed by atoms with Gasteiger partial charge in [0, 0.05) is 48.0 Å². The van der Waals surface area contributed by atoms with E-state index in [2.05, 4.69) is 25.9 Å². The third kappa shape index (κ3) is 4.59. The van der Waals surface area contributed by atoms with Crippen LogP contribution in [-0.4, -0.2) is 33.7 Å². The molecule has 3 N–H and O–H groups in total. The van der Waals surface area contributed by atoms with Gasteiger partial charge < -0.3 is 20.5 Å². The summed E-state index contributed by atoms with van der Waals surface area (Å²) in [5, 5.41) is 11.4. The van der Waals surface area contributed by atoms with Crippen molar-refractivity contribution in [3.8, 4) is 11.1 Å². The molecule has 5 rings (SSSR count). The van der Waals surface area contributed by atoms with Crippen LogP contribution in [0, 0.1) is 0 Å². The minimum atomic E-state index is -0.219. The maximum absolute atomic E-state index is 13.2. The molecule has 0 unspecified atom stereocenters. The van der Waals surface area contributed by atoms with Gasteiger partial charge in [0.2, 0.25) is 11.4 Å². The Kier molecular flexibility index (Phi) is 6.41. The SMILES string of the molecule is Cn1cc(-c2c(Cl)cccc2Cl)c(=O)c2cnc(Nc3ccc(NC4CCNCC4)cc3)nc21. The second-order valence-electron chi connectivity index (χ2n) is 8.38. The number of piperidine rings is 1. The van der Waals surface area contributed by atoms with Crippen LogP contribution < -0.4 is 21.4 Å². The van der Waals surface area contributed by atoms with Crippen LogP contribution in [0.4, 0.5) is 17.3 Å². The fraction of sp³-hybridized carbons (Fsp3) is 0.240. The van der Waals surface area contributed by atoms with Crippen LogP contribution in [0.25, 0.3) is 22.2 Å². The lowest BCUT2D eigenvalue weighted by Crippen LogP contribution is -2.35. The van der Waals surface area contributed by atoms with Crippen molar-refractivity contribution >= 4 is 51.6 Å². The van der Waals surface area contributed by atoms with Crippen molar-refractivity contribution in [1.82, 2.24) is 19.9 Å². The summed E-state index contributed by atoms with van der Waals surface area (Å²) in [4.78, 5) is 22.2. The number of nitrogens with one attached hydrogen (secondary N) is 3. The average Bonchev–Trinajstić information content (AvgIpc) is 2.84. The summed E-state index contributed by atoms with van der Waals surface area (Å²) in [6.45, 7) is 2.10. The predicted molar refractivity (Wildman–Crippen MR) is 139 cm³/mol. The maximum atomic E-state index is 13.2. The van der Waals surface area contributed by atoms with Gasteiger partial charge in [-0.25, -0.2) is 4.98 Å². The van der Waals surface area contributed by atoms with Crippen LogP contribution in [-0.2, 0) is 7.05 Å². The summed E-state index contributed by atoms with van der Waals surface area (Å²) in [5.41, 5.74) is 3.16. The Bertz CT molecular complexity index is 1380. The first-order chi connectivity index (χ1) is 16.5. The Labute approximate surface area is 207 Å². The van der Waals surface area contributed by atoms with Crippen LogP contribution in [0.2, 0.25) is 10.0 Å². The Hall–Kier alpha value is -3.13. The molecule has 1 aliphatic heterocycles. The van der Waals surface area contributed by atoms with Gasteiger partial charge in [0.25, 0.3) is 0 Å². The summed E-state index contributed by atoms with van der Waals surface area (Å²) in [6.07, 6.45) is 5.48. The Morgan fingerprint density at radius 1 is 1.03 bits per heavy atom. The summed E-state index contributed by atoms with van der Waals surface area (Å²) >= 11 is 12.7. The lowest BCUT2D eigenvalue weighted by atomic mass is 10.1. The third-order valence-electron chi connectivity index (χ3n) is 6.00. The van der Waals surface area contributed by atoms with Crippen molar-refractivity contribution in [2.24, 2.45) is 7.05 Å². The van der Waals surface area contributed by atoms with E-state index < -0.39 is 0 Å². The topological polar surface area (TPSA) is 83.9 Å². The van der Waals surface area contributed by atoms with Gasteiger partial charge in [-0.05, 0) is 62.3 Å². The lowest BCUT2D eigenvalue weighted by Gasteiger charge is -2.24. The minimum Gasteiger partial charge on any atom is -0.382 e. The Balaban J connectivity index is 1.40. The second-order valence-corrected chi connectivity index (χ2v) is 9.20. The van der Waals surface area contributed by atoms with Gasteiger partial charge in [-0.1, -0.05) is 29.3 Å². The van der Waals surface area contributed by atoms with E-state index in [0.717, 1.165) is 37.3 Å². The highest BCUT2D eigenvalue weighted by Gasteiger charge is 2.17. The van der Waals surface area contributed by atoms with Crippen molar-refractivity contribution < 1.29 is 0 Å². The minimum absolute atomic E-state index is 0.219. The van der Waals surface area contributed by atoms with Crippen molar-refractivity contribution in [2.45, 2.75) is 18.9 Å². The average molecular weight is 495 g/mol. The first kappa shape index (κ1) is 22.7. The van der Waals surface area contributed by atoms with Gasteiger partial charge in [-0.15, -0.1) is 0 Å². The summed E-state index contributed by atoms with van der Waals surface area (Å²) in [6, 6.07) is 13.7. The molecule has 0 bridgehead atoms. The quantitative estimate of drug-likeness (QED) is 0.353. The van der Waals surface area contributed by atoms with Crippen LogP contribution in [0.1, 0.15) is 12.8 Å². The van der Waals surface area contributed by atoms with Crippen molar-refractivity contribution in [2.75, 3.05) is 23.7 Å². The van der Waals surface area contributed by atoms with Crippen LogP contribution in [0.5, 0.6) is 0 Å². The van der Waals surface area contributed by atoms with Crippen molar-refractivity contribution in [1.29, 1.82) is 0 Å². The number of rotatable bonds is 5. The molecule has 4 aromatic rings. The van der Waals surface area contributed by atoms with E-state index in [1.807, 2.05) is 31.3 Å². The fourth-order valence-electron chi connectivity index (χ4n) is 4.23. The molecule has 1 saturated heterocycles. The zero-order chi connectivity index (χ0) is 23.7. The monoisotopic (exact) mass is 494 g/mol. The molecule has 9 heteroatoms. The molecule has 34 heavy (non-hydrogen) atoms. The number of nitrogens with zero attached hydrogens (tertiary/aromatic N) is 3. The molecule has 1 fully saturated rings. The van der Waals surface area contributed by atoms with Gasteiger partial charge in [-0.3, -0.25) is 4.79 Å². The predicted octanol–water partition coefficient (Wildman–Crippen LogP) is 5.21. The normalized spacial score (nSPS) is 14.3. The lowest BCUT2D eigenvalue weighted by molar-refractivity contribution is 0.479. The van der Waals surface area contributed by atoms with E-state index in [4.69, 9.17) is 23.2 Å². The number of halogens is 2. The van der Waals surface area contributed by atoms with E-state index in [1.165, 1.54) is 6.20 Å². The number of fused-ring (bicyclic) bond motifs is 1. The second kappa shape index (κ2) is 9.62. The zero-order valence-corrected chi connectivity index (χ0v) is 20.1. The highest BCUT2D eigenvalue weighted by Crippen LogP contribution is 2.33. The number of anilines is 3. The summed E-state index contributed by atoms with van der Waals surface area (Å²) < 4.78 is 1.78. The van der Waals surface area contributed by atoms with Gasteiger partial charge in [0.15, 0.2) is 0 Å². The van der Waals surface area contributed by atoms with E-state index in [0.29, 0.717) is 44.2 Å². The fourth-order valence-corrected chi connectivity index (χ4v) is 4.84. The number of aromatic nitrogens is 3. The number of benzene rings is 2. The molecule has 2 aromatic heterocycles. The van der Waals surface area contributed by atoms with Gasteiger partial charge >= 0.3 is 0 Å². The largest absolute Gasteiger partial charge is 0.382 e. The van der Waals surface area contributed by atoms with Crippen molar-refractivity contribution in [3.63, 3.8) is 0 Å². The molecular weight excluding hydrogens is 471 g/mol. The van der Waals surface area contributed by atoms with Crippen molar-refractivity contribution in [3.05, 3.63) is 75.1 Å². The molecule has 0 amide bonds. The molecule has 0 radical (unpaired) electrons. The molecule has 0 atom stereocenters. The molecule has 3 heterocycles. The molecule has 174 valence electrons. The Morgan fingerprint density at radius 3 is 2.41 bits per heavy atom.